The van der Waals surface area contributed by atoms with Gasteiger partial charge in [-0.25, -0.2) is 0 Å². The predicted molar refractivity (Wildman–Crippen MR) is 99.7 cm³/mol. The van der Waals surface area contributed by atoms with Crippen LogP contribution in [0.2, 0.25) is 0 Å². The average molecular weight is 300 g/mol. The maximum Gasteiger partial charge on any atom is 0.0991 e. The van der Waals surface area contributed by atoms with Crippen LogP contribution >= 0.6 is 0 Å². The molecule has 0 unspecified atom stereocenters. The Morgan fingerprint density at radius 3 is 2.23 bits per heavy atom. The van der Waals surface area contributed by atoms with Crippen molar-refractivity contribution in [3.8, 4) is 6.07 Å². The van der Waals surface area contributed by atoms with Gasteiger partial charge in [-0.05, 0) is 42.2 Å². The minimum Gasteiger partial charge on any atom is -0.383 e. The summed E-state index contributed by atoms with van der Waals surface area (Å²) in [6, 6.07) is 8.00. The van der Waals surface area contributed by atoms with Gasteiger partial charge in [-0.15, -0.1) is 0 Å². The number of benzene rings is 1. The zero-order chi connectivity index (χ0) is 17.5. The van der Waals surface area contributed by atoms with Crippen LogP contribution in [0.3, 0.4) is 0 Å². The van der Waals surface area contributed by atoms with E-state index in [1.54, 1.807) is 0 Å². The number of nitrogens with zero attached hydrogens (tertiary/aromatic N) is 2. The molecule has 0 aliphatic rings. The molecule has 0 radical (unpaired) electrons. The van der Waals surface area contributed by atoms with Crippen LogP contribution in [0.4, 0.5) is 0 Å². The quantitative estimate of drug-likeness (QED) is 0.658. The van der Waals surface area contributed by atoms with Gasteiger partial charge in [0.15, 0.2) is 0 Å². The lowest BCUT2D eigenvalue weighted by molar-refractivity contribution is 0.566. The van der Waals surface area contributed by atoms with E-state index >= 15 is 0 Å². The van der Waals surface area contributed by atoms with Crippen molar-refractivity contribution in [2.75, 3.05) is 14.1 Å². The third kappa shape index (κ3) is 8.32. The van der Waals surface area contributed by atoms with Crippen molar-refractivity contribution in [2.24, 2.45) is 0 Å². The van der Waals surface area contributed by atoms with E-state index in [9.17, 15) is 0 Å². The fourth-order valence-electron chi connectivity index (χ4n) is 1.73. The minimum absolute atomic E-state index is 0.699. The molecular weight excluding hydrogens is 268 g/mol. The highest BCUT2D eigenvalue weighted by molar-refractivity contribution is 5.76. The standard InChI is InChI=1S/C16H20N2.2C2H6/c1-5-6-7-15(12-18(3)4)16-10-14(11-17)9-8-13(16)2;2*1-2/h6-10,12H,5H2,1-4H3;2*1-2H3/b7-6+,15-12+;;. The Morgan fingerprint density at radius 2 is 1.77 bits per heavy atom. The molecule has 0 N–H and O–H groups in total. The number of rotatable bonds is 4. The molecule has 1 aromatic rings. The van der Waals surface area contributed by atoms with E-state index in [2.05, 4.69) is 38.3 Å². The molecule has 0 spiro atoms. The van der Waals surface area contributed by atoms with E-state index in [0.717, 1.165) is 17.6 Å². The molecule has 2 nitrogen and oxygen atoms in total. The normalized spacial score (nSPS) is 10.0. The second-order valence-corrected chi connectivity index (χ2v) is 4.50. The maximum atomic E-state index is 8.99. The highest BCUT2D eigenvalue weighted by Crippen LogP contribution is 2.22. The van der Waals surface area contributed by atoms with Gasteiger partial charge < -0.3 is 4.90 Å². The first-order chi connectivity index (χ1) is 10.6. The molecular formula is C20H32N2. The zero-order valence-electron chi connectivity index (χ0n) is 15.6. The molecule has 0 aromatic heterocycles. The first-order valence-corrected chi connectivity index (χ1v) is 8.14. The van der Waals surface area contributed by atoms with Gasteiger partial charge in [0, 0.05) is 20.3 Å². The molecule has 0 atom stereocenters. The average Bonchev–Trinajstić information content (AvgIpc) is 2.55. The van der Waals surface area contributed by atoms with Crippen molar-refractivity contribution < 1.29 is 0 Å². The van der Waals surface area contributed by atoms with Gasteiger partial charge in [-0.3, -0.25) is 0 Å². The highest BCUT2D eigenvalue weighted by atomic mass is 15.0. The SMILES string of the molecule is CC.CC.CC/C=C/C(=C\N(C)C)c1cc(C#N)ccc1C. The van der Waals surface area contributed by atoms with Gasteiger partial charge in [0.25, 0.3) is 0 Å². The van der Waals surface area contributed by atoms with Crippen molar-refractivity contribution in [1.29, 1.82) is 5.26 Å². The second kappa shape index (κ2) is 13.9. The van der Waals surface area contributed by atoms with Crippen molar-refractivity contribution in [3.05, 3.63) is 53.2 Å². The van der Waals surface area contributed by atoms with Crippen LogP contribution in [0.25, 0.3) is 5.57 Å². The summed E-state index contributed by atoms with van der Waals surface area (Å²) >= 11 is 0. The minimum atomic E-state index is 0.699. The summed E-state index contributed by atoms with van der Waals surface area (Å²) in [4.78, 5) is 2.02. The van der Waals surface area contributed by atoms with E-state index < -0.39 is 0 Å². The van der Waals surface area contributed by atoms with Crippen molar-refractivity contribution in [3.63, 3.8) is 0 Å². The molecule has 0 amide bonds. The molecule has 0 fully saturated rings. The van der Waals surface area contributed by atoms with Gasteiger partial charge in [0.1, 0.15) is 0 Å². The molecule has 1 rings (SSSR count). The molecule has 0 saturated heterocycles. The van der Waals surface area contributed by atoms with Crippen LogP contribution in [0, 0.1) is 18.3 Å². The molecule has 22 heavy (non-hydrogen) atoms. The maximum absolute atomic E-state index is 8.99. The lowest BCUT2D eigenvalue weighted by Crippen LogP contribution is -2.03. The third-order valence-corrected chi connectivity index (χ3v) is 2.61. The Balaban J connectivity index is 0. The van der Waals surface area contributed by atoms with E-state index in [4.69, 9.17) is 5.26 Å². The van der Waals surface area contributed by atoms with Crippen molar-refractivity contribution in [2.45, 2.75) is 48.0 Å². The third-order valence-electron chi connectivity index (χ3n) is 2.61. The lowest BCUT2D eigenvalue weighted by atomic mass is 9.98. The van der Waals surface area contributed by atoms with Gasteiger partial charge in [-0.1, -0.05) is 52.8 Å². The van der Waals surface area contributed by atoms with Gasteiger partial charge in [-0.2, -0.15) is 5.26 Å². The van der Waals surface area contributed by atoms with Crippen LogP contribution in [0.15, 0.2) is 36.6 Å². The monoisotopic (exact) mass is 300 g/mol. The summed E-state index contributed by atoms with van der Waals surface area (Å²) in [5.74, 6) is 0. The van der Waals surface area contributed by atoms with E-state index in [0.29, 0.717) is 5.56 Å². The van der Waals surface area contributed by atoms with Crippen molar-refractivity contribution in [1.82, 2.24) is 4.90 Å². The van der Waals surface area contributed by atoms with Gasteiger partial charge in [0.2, 0.25) is 0 Å². The van der Waals surface area contributed by atoms with Gasteiger partial charge in [0.05, 0.1) is 11.6 Å². The summed E-state index contributed by atoms with van der Waals surface area (Å²) < 4.78 is 0. The molecule has 122 valence electrons. The molecule has 1 aromatic carbocycles. The number of aryl methyl sites for hydroxylation is 1. The Labute approximate surface area is 137 Å². The van der Waals surface area contributed by atoms with Crippen LogP contribution < -0.4 is 0 Å². The first-order valence-electron chi connectivity index (χ1n) is 8.14. The molecule has 0 saturated carbocycles. The molecule has 0 aliphatic carbocycles. The summed E-state index contributed by atoms with van der Waals surface area (Å²) in [6.45, 7) is 12.2. The Morgan fingerprint density at radius 1 is 1.18 bits per heavy atom. The molecule has 2 heteroatoms. The number of hydrogen-bond donors (Lipinski definition) is 0. The Hall–Kier alpha value is -2.01. The first kappa shape index (κ1) is 22.3. The lowest BCUT2D eigenvalue weighted by Gasteiger charge is -2.12. The largest absolute Gasteiger partial charge is 0.383 e. The predicted octanol–water partition coefficient (Wildman–Crippen LogP) is 5.79. The summed E-state index contributed by atoms with van der Waals surface area (Å²) in [7, 11) is 4.01. The fraction of sp³-hybridized carbons (Fsp3) is 0.450. The van der Waals surface area contributed by atoms with Crippen LogP contribution in [-0.2, 0) is 0 Å². The van der Waals surface area contributed by atoms with Crippen LogP contribution in [-0.4, -0.2) is 19.0 Å². The molecule has 0 heterocycles. The highest BCUT2D eigenvalue weighted by Gasteiger charge is 2.04. The summed E-state index contributed by atoms with van der Waals surface area (Å²) in [5.41, 5.74) is 4.14. The molecule has 0 aliphatic heterocycles. The molecule has 0 bridgehead atoms. The van der Waals surface area contributed by atoms with Crippen LogP contribution in [0.5, 0.6) is 0 Å². The number of nitriles is 1. The zero-order valence-corrected chi connectivity index (χ0v) is 15.6. The van der Waals surface area contributed by atoms with E-state index in [-0.39, 0.29) is 0 Å². The number of hydrogen-bond acceptors (Lipinski definition) is 2. The smallest absolute Gasteiger partial charge is 0.0991 e. The van der Waals surface area contributed by atoms with E-state index in [1.165, 1.54) is 5.56 Å². The summed E-state index contributed by atoms with van der Waals surface area (Å²) in [5, 5.41) is 8.99. The van der Waals surface area contributed by atoms with Gasteiger partial charge >= 0.3 is 0 Å². The number of allylic oxidation sites excluding steroid dienone is 3. The fourth-order valence-corrected chi connectivity index (χ4v) is 1.73. The van der Waals surface area contributed by atoms with E-state index in [1.807, 2.05) is 64.9 Å². The van der Waals surface area contributed by atoms with Crippen LogP contribution in [0.1, 0.15) is 57.7 Å². The second-order valence-electron chi connectivity index (χ2n) is 4.50. The Kier molecular flexibility index (Phi) is 14.1. The Bertz CT molecular complexity index is 503. The summed E-state index contributed by atoms with van der Waals surface area (Å²) in [6.07, 6.45) is 7.33. The van der Waals surface area contributed by atoms with Crippen molar-refractivity contribution >= 4 is 5.57 Å². The topological polar surface area (TPSA) is 27.0 Å².